The Balaban J connectivity index is 0.000000348. The number of ether oxygens (including phenoxy) is 7. The molecule has 2 aliphatic rings. The molecule has 0 aliphatic carbocycles. The van der Waals surface area contributed by atoms with Gasteiger partial charge in [0.1, 0.15) is 0 Å². The maximum absolute atomic E-state index is 14.6. The average Bonchev–Trinajstić information content (AvgIpc) is 3.59. The molecule has 0 N–H and O–H groups in total. The Morgan fingerprint density at radius 1 is 0.765 bits per heavy atom. The van der Waals surface area contributed by atoms with E-state index in [-0.39, 0.29) is 71.2 Å². The van der Waals surface area contributed by atoms with Crippen molar-refractivity contribution in [1.82, 2.24) is 0 Å². The molecule has 0 saturated carbocycles. The summed E-state index contributed by atoms with van der Waals surface area (Å²) in [6.45, 7) is 6.75. The predicted octanol–water partition coefficient (Wildman–Crippen LogP) is -1.60. The van der Waals surface area contributed by atoms with Gasteiger partial charge in [-0.05, 0) is 0 Å². The summed E-state index contributed by atoms with van der Waals surface area (Å²) in [5, 5.41) is 10.8. The molecule has 2 saturated heterocycles. The first-order valence-corrected chi connectivity index (χ1v) is 22.9. The molecule has 4 atom stereocenters. The topological polar surface area (TPSA) is 156 Å². The van der Waals surface area contributed by atoms with Gasteiger partial charge in [0.15, 0.2) is 0 Å². The third-order valence-electron chi connectivity index (χ3n) is 6.78. The van der Waals surface area contributed by atoms with Crippen LogP contribution in [0.25, 0.3) is 0 Å². The summed E-state index contributed by atoms with van der Waals surface area (Å²) in [6.07, 6.45) is -7.07. The first-order valence-electron chi connectivity index (χ1n) is 15.1. The molecule has 0 radical (unpaired) electrons. The van der Waals surface area contributed by atoms with Crippen molar-refractivity contribution in [3.05, 3.63) is 60.7 Å². The van der Waals surface area contributed by atoms with Crippen LogP contribution >= 0.6 is 0 Å². The zero-order chi connectivity index (χ0) is 37.3. The summed E-state index contributed by atoms with van der Waals surface area (Å²) >= 11 is -4.41. The van der Waals surface area contributed by atoms with Crippen LogP contribution < -0.4 is 63.0 Å². The van der Waals surface area contributed by atoms with E-state index in [1.165, 1.54) is 20.8 Å². The van der Waals surface area contributed by atoms with Crippen LogP contribution in [0.4, 0.5) is 27.2 Å². The van der Waals surface area contributed by atoms with E-state index in [2.05, 4.69) is 4.74 Å². The molecule has 2 aliphatic heterocycles. The van der Waals surface area contributed by atoms with E-state index in [4.69, 9.17) is 28.4 Å². The van der Waals surface area contributed by atoms with Gasteiger partial charge < -0.3 is 0 Å². The number of carboxylic acids is 1. The summed E-state index contributed by atoms with van der Waals surface area (Å²) in [5.74, 6) is -15.1. The molecule has 2 unspecified atom stereocenters. The minimum absolute atomic E-state index is 0. The molecule has 0 aromatic heterocycles. The van der Waals surface area contributed by atoms with Crippen LogP contribution in [0.1, 0.15) is 34.6 Å². The number of benzene rings is 2. The number of aliphatic carboxylic acids is 1. The SMILES string of the molecule is CC1(C)OC[C@H](C(O[C](=O)[BiH][c]2ccccc2)C(F)(F)C(=O)[O-])O1.CCOC(=O)C(F)(F)C(O[C](=O)[BiH][c]1ccccc1)[C@H]1COC(C)(C)O1.[K+]. The van der Waals surface area contributed by atoms with E-state index in [0.29, 0.717) is 0 Å². The quantitative estimate of drug-likeness (QED) is 0.0983. The second kappa shape index (κ2) is 20.3. The Labute approximate surface area is 357 Å². The third kappa shape index (κ3) is 14.1. The molecule has 2 heterocycles. The summed E-state index contributed by atoms with van der Waals surface area (Å²) in [6, 6.07) is 17.4. The fourth-order valence-corrected chi connectivity index (χ4v) is 10.6. The minimum Gasteiger partial charge on any atom is 1.00 e. The van der Waals surface area contributed by atoms with Crippen LogP contribution in [0.3, 0.4) is 0 Å². The number of halogens is 4. The molecule has 2 aromatic carbocycles. The van der Waals surface area contributed by atoms with E-state index >= 15 is 0 Å². The number of esters is 1. The van der Waals surface area contributed by atoms with Gasteiger partial charge in [0.25, 0.3) is 0 Å². The molecule has 2 fully saturated rings. The van der Waals surface area contributed by atoms with Gasteiger partial charge >= 0.3 is 362 Å². The van der Waals surface area contributed by atoms with Crippen molar-refractivity contribution in [2.75, 3.05) is 19.8 Å². The normalized spacial score (nSPS) is 20.4. The summed E-state index contributed by atoms with van der Waals surface area (Å²) < 4.78 is 92.6. The second-order valence-electron chi connectivity index (χ2n) is 11.6. The molecule has 4 rings (SSSR count). The Bertz CT molecular complexity index is 1470. The standard InChI is InChI=1S/C11H15F2O6.C9H11F2O6.2C6H5.2Bi.K.2H/c1-4-16-9(15)11(12,13)8(17-6-14)7-5-18-10(2,3)19-7;1-8(2)16-3-5(17-8)6(15-4-12)9(10,11)7(13)14;2*1-2-4-6-5-3-1;;;;;/h7-8H,4-5H2,1-3H3;5-6H,3H2,1-2H3,(H,13,14);2*1-5H;;;;;/q;;;;;;+1;;/p-1/t7-,8?;5-,6?;;;;;;;/m11......./s1. The monoisotopic (exact) mass is 1150 g/mol. The second-order valence-corrected chi connectivity index (χ2v) is 21.2. The molecular formula is C32H37Bi2F4KO12. The zero-order valence-electron chi connectivity index (χ0n) is 28.6. The van der Waals surface area contributed by atoms with E-state index in [9.17, 15) is 41.8 Å². The number of carbonyl (C=O) groups is 4. The Kier molecular flexibility index (Phi) is 18.5. The molecule has 19 heteroatoms. The first-order chi connectivity index (χ1) is 23.3. The largest absolute Gasteiger partial charge is 1.00 e. The Hall–Kier alpha value is -0.717. The van der Waals surface area contributed by atoms with Gasteiger partial charge in [0.2, 0.25) is 0 Å². The van der Waals surface area contributed by atoms with E-state index in [0.717, 1.165) is 6.54 Å². The van der Waals surface area contributed by atoms with Crippen molar-refractivity contribution in [2.45, 2.75) is 82.5 Å². The van der Waals surface area contributed by atoms with Crippen LogP contribution in [-0.4, -0.2) is 133 Å². The van der Waals surface area contributed by atoms with Crippen molar-refractivity contribution in [1.29, 1.82) is 0 Å². The van der Waals surface area contributed by atoms with Crippen molar-refractivity contribution < 1.29 is 126 Å². The van der Waals surface area contributed by atoms with Gasteiger partial charge in [-0.25, -0.2) is 0 Å². The maximum atomic E-state index is 14.6. The molecule has 2 aromatic rings. The fourth-order valence-electron chi connectivity index (χ4n) is 4.52. The van der Waals surface area contributed by atoms with Gasteiger partial charge in [-0.3, -0.25) is 0 Å². The van der Waals surface area contributed by atoms with Gasteiger partial charge in [-0.1, -0.05) is 0 Å². The molecule has 0 bridgehead atoms. The Morgan fingerprint density at radius 2 is 1.14 bits per heavy atom. The molecular weight excluding hydrogens is 1110 g/mol. The van der Waals surface area contributed by atoms with Gasteiger partial charge in [0, 0.05) is 0 Å². The summed E-state index contributed by atoms with van der Waals surface area (Å²) in [5.41, 5.74) is 0. The maximum Gasteiger partial charge on any atom is 1.00 e. The van der Waals surface area contributed by atoms with Crippen LogP contribution in [0, 0.1) is 0 Å². The number of hydrogen-bond donors (Lipinski definition) is 0. The van der Waals surface area contributed by atoms with Crippen molar-refractivity contribution in [3.63, 3.8) is 0 Å². The fraction of sp³-hybridized carbons (Fsp3) is 0.500. The molecule has 12 nitrogen and oxygen atoms in total. The summed E-state index contributed by atoms with van der Waals surface area (Å²) in [4.78, 5) is 46.8. The van der Waals surface area contributed by atoms with Gasteiger partial charge in [0.05, 0.1) is 0 Å². The molecule has 0 amide bonds. The van der Waals surface area contributed by atoms with E-state index in [1.54, 1.807) is 74.5 Å². The summed E-state index contributed by atoms with van der Waals surface area (Å²) in [7, 11) is 0. The van der Waals surface area contributed by atoms with Gasteiger partial charge in [-0.15, -0.1) is 0 Å². The Morgan fingerprint density at radius 3 is 1.45 bits per heavy atom. The van der Waals surface area contributed by atoms with E-state index in [1.807, 2.05) is 0 Å². The smallest absolute Gasteiger partial charge is 1.00 e. The number of alkyl halides is 4. The van der Waals surface area contributed by atoms with Crippen LogP contribution in [0.5, 0.6) is 0 Å². The molecule has 276 valence electrons. The minimum atomic E-state index is -4.38. The molecule has 0 spiro atoms. The van der Waals surface area contributed by atoms with Crippen molar-refractivity contribution in [2.24, 2.45) is 0 Å². The van der Waals surface area contributed by atoms with Crippen molar-refractivity contribution in [3.8, 4) is 0 Å². The number of carboxylic acid groups (broad SMARTS) is 1. The van der Waals surface area contributed by atoms with E-state index < -0.39 is 114 Å². The van der Waals surface area contributed by atoms with Crippen LogP contribution in [-0.2, 0) is 42.7 Å². The zero-order valence-corrected chi connectivity index (χ0v) is 39.5. The average molecular weight is 1150 g/mol. The third-order valence-corrected chi connectivity index (χ3v) is 14.1. The van der Waals surface area contributed by atoms with Crippen LogP contribution in [0.2, 0.25) is 0 Å². The van der Waals surface area contributed by atoms with Gasteiger partial charge in [-0.2, -0.15) is 0 Å². The number of rotatable bonds is 13. The number of carbonyl (C=O) groups excluding carboxylic acids is 4. The van der Waals surface area contributed by atoms with Crippen LogP contribution in [0.15, 0.2) is 60.7 Å². The molecule has 51 heavy (non-hydrogen) atoms. The van der Waals surface area contributed by atoms with Crippen molar-refractivity contribution >= 4 is 72.3 Å². The number of hydrogen-bond acceptors (Lipinski definition) is 12. The first kappa shape index (κ1) is 46.4. The predicted molar refractivity (Wildman–Crippen MR) is 168 cm³/mol.